The van der Waals surface area contributed by atoms with Crippen molar-refractivity contribution in [1.82, 2.24) is 14.6 Å². The van der Waals surface area contributed by atoms with Crippen molar-refractivity contribution in [3.63, 3.8) is 0 Å². The standard InChI is InChI=1S/C32H45N3O3/c1-5-8-12-27-23-29-24-28(32(37)34(7-3)21-22-38-4)17-20-35(29)30(27)31(36)26-15-13-25(14-16-26)11-10-19-33-18-9-6-2/h13-17,20,23-24,33H,5-12,18-19,21-22H2,1-4H3. The van der Waals surface area contributed by atoms with Crippen LogP contribution >= 0.6 is 0 Å². The molecule has 0 unspecified atom stereocenters. The SMILES string of the molecule is CCCCNCCCc1ccc(C(=O)c2c(CCCC)cc3cc(C(=O)N(CC)CCOC)ccn23)cc1. The minimum atomic E-state index is -0.0209. The van der Waals surface area contributed by atoms with Crippen LogP contribution in [0.2, 0.25) is 0 Å². The second-order valence-electron chi connectivity index (χ2n) is 9.94. The maximum absolute atomic E-state index is 13.7. The Bertz CT molecular complexity index is 1170. The summed E-state index contributed by atoms with van der Waals surface area (Å²) in [5.41, 5.74) is 5.19. The highest BCUT2D eigenvalue weighted by Crippen LogP contribution is 2.24. The first-order valence-corrected chi connectivity index (χ1v) is 14.3. The lowest BCUT2D eigenvalue weighted by atomic mass is 10.00. The lowest BCUT2D eigenvalue weighted by molar-refractivity contribution is 0.0706. The lowest BCUT2D eigenvalue weighted by Crippen LogP contribution is -2.33. The van der Waals surface area contributed by atoms with Crippen LogP contribution in [0.15, 0.2) is 48.7 Å². The molecule has 1 amide bonds. The number of likely N-dealkylation sites (N-methyl/N-ethyl adjacent to an activating group) is 1. The van der Waals surface area contributed by atoms with E-state index in [0.717, 1.165) is 56.3 Å². The Labute approximate surface area is 228 Å². The van der Waals surface area contributed by atoms with Gasteiger partial charge in [-0.15, -0.1) is 0 Å². The number of methoxy groups -OCH3 is 1. The number of unbranched alkanes of at least 4 members (excludes halogenated alkanes) is 2. The lowest BCUT2D eigenvalue weighted by Gasteiger charge is -2.20. The Hall–Kier alpha value is -2.96. The maximum atomic E-state index is 13.7. The van der Waals surface area contributed by atoms with Crippen molar-refractivity contribution in [3.8, 4) is 0 Å². The van der Waals surface area contributed by atoms with Crippen LogP contribution in [0.4, 0.5) is 0 Å². The first kappa shape index (κ1) is 29.6. The van der Waals surface area contributed by atoms with Crippen LogP contribution in [-0.4, -0.2) is 60.9 Å². The van der Waals surface area contributed by atoms with Gasteiger partial charge in [-0.3, -0.25) is 9.59 Å². The normalized spacial score (nSPS) is 11.3. The molecule has 0 radical (unpaired) electrons. The molecule has 0 aliphatic heterocycles. The van der Waals surface area contributed by atoms with Crippen LogP contribution in [0, 0.1) is 0 Å². The zero-order chi connectivity index (χ0) is 27.3. The summed E-state index contributed by atoms with van der Waals surface area (Å²) in [6.07, 6.45) is 9.28. The summed E-state index contributed by atoms with van der Waals surface area (Å²) in [5.74, 6) is 0.00521. The van der Waals surface area contributed by atoms with Gasteiger partial charge in [0.1, 0.15) is 0 Å². The topological polar surface area (TPSA) is 63.0 Å². The van der Waals surface area contributed by atoms with Crippen LogP contribution in [-0.2, 0) is 17.6 Å². The average Bonchev–Trinajstić information content (AvgIpc) is 3.31. The molecule has 0 atom stereocenters. The number of carbonyl (C=O) groups is 2. The summed E-state index contributed by atoms with van der Waals surface area (Å²) in [6.45, 7) is 10.1. The molecule has 3 aromatic rings. The Morgan fingerprint density at radius 1 is 0.895 bits per heavy atom. The van der Waals surface area contributed by atoms with Gasteiger partial charge in [0.05, 0.1) is 12.3 Å². The smallest absolute Gasteiger partial charge is 0.254 e. The number of fused-ring (bicyclic) bond motifs is 1. The molecule has 2 aromatic heterocycles. The van der Waals surface area contributed by atoms with E-state index >= 15 is 0 Å². The monoisotopic (exact) mass is 519 g/mol. The Morgan fingerprint density at radius 3 is 2.32 bits per heavy atom. The molecule has 0 spiro atoms. The van der Waals surface area contributed by atoms with Crippen LogP contribution in [0.1, 0.15) is 90.4 Å². The summed E-state index contributed by atoms with van der Waals surface area (Å²) < 4.78 is 7.11. The maximum Gasteiger partial charge on any atom is 0.254 e. The van der Waals surface area contributed by atoms with E-state index in [1.54, 1.807) is 12.0 Å². The van der Waals surface area contributed by atoms with Crippen molar-refractivity contribution in [1.29, 1.82) is 0 Å². The number of ketones is 1. The predicted octanol–water partition coefficient (Wildman–Crippen LogP) is 5.94. The first-order chi connectivity index (χ1) is 18.5. The summed E-state index contributed by atoms with van der Waals surface area (Å²) in [7, 11) is 1.64. The molecule has 1 aromatic carbocycles. The Morgan fingerprint density at radius 2 is 1.63 bits per heavy atom. The molecule has 0 aliphatic rings. The summed E-state index contributed by atoms with van der Waals surface area (Å²) in [4.78, 5) is 28.6. The molecule has 1 N–H and O–H groups in total. The van der Waals surface area contributed by atoms with E-state index in [1.807, 2.05) is 41.8 Å². The van der Waals surface area contributed by atoms with Crippen LogP contribution in [0.3, 0.4) is 0 Å². The molecule has 206 valence electrons. The molecule has 0 fully saturated rings. The largest absolute Gasteiger partial charge is 0.383 e. The number of benzene rings is 1. The van der Waals surface area contributed by atoms with Gasteiger partial charge in [0.15, 0.2) is 0 Å². The van der Waals surface area contributed by atoms with Gasteiger partial charge in [0.25, 0.3) is 5.91 Å². The second kappa shape index (κ2) is 15.5. The quantitative estimate of drug-likeness (QED) is 0.177. The number of aromatic nitrogens is 1. The Kier molecular flexibility index (Phi) is 12.0. The molecule has 0 saturated carbocycles. The molecule has 0 bridgehead atoms. The fraction of sp³-hybridized carbons (Fsp3) is 0.500. The number of nitrogens with one attached hydrogen (secondary N) is 1. The average molecular weight is 520 g/mol. The van der Waals surface area contributed by atoms with Crippen molar-refractivity contribution in [3.05, 3.63) is 76.6 Å². The minimum absolute atomic E-state index is 0.0209. The molecular formula is C32H45N3O3. The van der Waals surface area contributed by atoms with E-state index in [4.69, 9.17) is 4.74 Å². The number of carbonyl (C=O) groups excluding carboxylic acids is 2. The van der Waals surface area contributed by atoms with E-state index in [1.165, 1.54) is 18.4 Å². The van der Waals surface area contributed by atoms with Gasteiger partial charge in [0.2, 0.25) is 5.78 Å². The number of rotatable bonds is 17. The zero-order valence-electron chi connectivity index (χ0n) is 23.7. The first-order valence-electron chi connectivity index (χ1n) is 14.3. The number of pyridine rings is 1. The van der Waals surface area contributed by atoms with Crippen LogP contribution in [0.25, 0.3) is 5.52 Å². The summed E-state index contributed by atoms with van der Waals surface area (Å²) in [6, 6.07) is 13.9. The number of nitrogens with zero attached hydrogens (tertiary/aromatic N) is 2. The number of hydrogen-bond donors (Lipinski definition) is 1. The summed E-state index contributed by atoms with van der Waals surface area (Å²) in [5, 5.41) is 3.49. The van der Waals surface area contributed by atoms with Gasteiger partial charge in [-0.1, -0.05) is 51.0 Å². The van der Waals surface area contributed by atoms with Gasteiger partial charge in [-0.25, -0.2) is 0 Å². The highest BCUT2D eigenvalue weighted by molar-refractivity contribution is 6.10. The fourth-order valence-electron chi connectivity index (χ4n) is 4.77. The third kappa shape index (κ3) is 7.78. The minimum Gasteiger partial charge on any atom is -0.383 e. The van der Waals surface area contributed by atoms with E-state index in [9.17, 15) is 9.59 Å². The number of amides is 1. The van der Waals surface area contributed by atoms with Gasteiger partial charge in [-0.05, 0) is 81.4 Å². The molecule has 0 saturated heterocycles. The van der Waals surface area contributed by atoms with Crippen LogP contribution < -0.4 is 5.32 Å². The van der Waals surface area contributed by atoms with Gasteiger partial charge < -0.3 is 19.4 Å². The third-order valence-corrected chi connectivity index (χ3v) is 7.09. The molecule has 6 nitrogen and oxygen atoms in total. The zero-order valence-corrected chi connectivity index (χ0v) is 23.7. The Balaban J connectivity index is 1.81. The second-order valence-corrected chi connectivity index (χ2v) is 9.94. The molecule has 6 heteroatoms. The number of ether oxygens (including phenoxy) is 1. The van der Waals surface area contributed by atoms with Crippen molar-refractivity contribution in [2.75, 3.05) is 39.9 Å². The van der Waals surface area contributed by atoms with Crippen molar-refractivity contribution in [2.45, 2.75) is 65.7 Å². The molecular weight excluding hydrogens is 474 g/mol. The predicted molar refractivity (Wildman–Crippen MR) is 155 cm³/mol. The van der Waals surface area contributed by atoms with Gasteiger partial charge >= 0.3 is 0 Å². The van der Waals surface area contributed by atoms with Crippen LogP contribution in [0.5, 0.6) is 0 Å². The molecule has 38 heavy (non-hydrogen) atoms. The van der Waals surface area contributed by atoms with Crippen molar-refractivity contribution in [2.24, 2.45) is 0 Å². The highest BCUT2D eigenvalue weighted by atomic mass is 16.5. The van der Waals surface area contributed by atoms with Crippen molar-refractivity contribution < 1.29 is 14.3 Å². The van der Waals surface area contributed by atoms with E-state index < -0.39 is 0 Å². The van der Waals surface area contributed by atoms with E-state index in [0.29, 0.717) is 36.5 Å². The summed E-state index contributed by atoms with van der Waals surface area (Å²) >= 11 is 0. The molecule has 2 heterocycles. The number of hydrogen-bond acceptors (Lipinski definition) is 4. The third-order valence-electron chi connectivity index (χ3n) is 7.09. The van der Waals surface area contributed by atoms with Crippen molar-refractivity contribution >= 4 is 17.2 Å². The van der Waals surface area contributed by atoms with Gasteiger partial charge in [0, 0.05) is 43.0 Å². The molecule has 0 aliphatic carbocycles. The number of aryl methyl sites for hydroxylation is 2. The molecule has 3 rings (SSSR count). The van der Waals surface area contributed by atoms with E-state index in [2.05, 4.69) is 37.4 Å². The highest BCUT2D eigenvalue weighted by Gasteiger charge is 2.21. The fourth-order valence-corrected chi connectivity index (χ4v) is 4.77. The van der Waals surface area contributed by atoms with E-state index in [-0.39, 0.29) is 11.7 Å². The van der Waals surface area contributed by atoms with Gasteiger partial charge in [-0.2, -0.15) is 0 Å².